The lowest BCUT2D eigenvalue weighted by molar-refractivity contribution is 0.0730. The molecule has 180 valence electrons. The standard InChI is InChI=1S/C24H27N3O6S/c1-2-3-12-33-22-7-5-4-6-21(22)26-24(29)19-16-23(28)25-20-9-8-17(15-18(19)20)34(30,31)27-10-13-32-14-11-27/h4-9,15-16H,2-3,10-14H2,1H3,(H,25,28)(H,26,29). The fourth-order valence-electron chi connectivity index (χ4n) is 3.73. The van der Waals surface area contributed by atoms with Crippen molar-refractivity contribution in [2.75, 3.05) is 38.2 Å². The van der Waals surface area contributed by atoms with E-state index in [-0.39, 0.29) is 23.5 Å². The Bertz CT molecular complexity index is 1350. The Labute approximate surface area is 197 Å². The van der Waals surface area contributed by atoms with Crippen LogP contribution in [0.3, 0.4) is 0 Å². The monoisotopic (exact) mass is 485 g/mol. The Morgan fingerprint density at radius 3 is 2.68 bits per heavy atom. The van der Waals surface area contributed by atoms with Crippen LogP contribution < -0.4 is 15.6 Å². The van der Waals surface area contributed by atoms with E-state index in [1.165, 1.54) is 28.6 Å². The summed E-state index contributed by atoms with van der Waals surface area (Å²) >= 11 is 0. The summed E-state index contributed by atoms with van der Waals surface area (Å²) in [6.45, 7) is 3.74. The highest BCUT2D eigenvalue weighted by molar-refractivity contribution is 7.89. The molecule has 0 atom stereocenters. The van der Waals surface area contributed by atoms with Gasteiger partial charge in [0.25, 0.3) is 5.91 Å². The number of benzene rings is 2. The van der Waals surface area contributed by atoms with Crippen LogP contribution in [0.5, 0.6) is 5.75 Å². The predicted molar refractivity (Wildman–Crippen MR) is 129 cm³/mol. The number of aromatic amines is 1. The summed E-state index contributed by atoms with van der Waals surface area (Å²) in [4.78, 5) is 28.2. The molecular formula is C24H27N3O6S. The second kappa shape index (κ2) is 10.4. The SMILES string of the molecule is CCCCOc1ccccc1NC(=O)c1cc(=O)[nH]c2ccc(S(=O)(=O)N3CCOCC3)cc12. The first-order valence-electron chi connectivity index (χ1n) is 11.2. The summed E-state index contributed by atoms with van der Waals surface area (Å²) in [5.74, 6) is -0.0161. The number of pyridine rings is 1. The maximum absolute atomic E-state index is 13.2. The Balaban J connectivity index is 1.69. The van der Waals surface area contributed by atoms with Crippen molar-refractivity contribution < 1.29 is 22.7 Å². The van der Waals surface area contributed by atoms with Crippen LogP contribution in [0.1, 0.15) is 30.1 Å². The number of para-hydroxylation sites is 2. The van der Waals surface area contributed by atoms with Crippen molar-refractivity contribution in [3.63, 3.8) is 0 Å². The van der Waals surface area contributed by atoms with Gasteiger partial charge >= 0.3 is 0 Å². The Hall–Kier alpha value is -3.21. The average molecular weight is 486 g/mol. The van der Waals surface area contributed by atoms with Crippen molar-refractivity contribution >= 4 is 32.5 Å². The van der Waals surface area contributed by atoms with Gasteiger partial charge in [0.15, 0.2) is 0 Å². The van der Waals surface area contributed by atoms with E-state index < -0.39 is 21.5 Å². The minimum Gasteiger partial charge on any atom is -0.491 e. The van der Waals surface area contributed by atoms with Crippen LogP contribution in [0, 0.1) is 0 Å². The number of ether oxygens (including phenoxy) is 2. The number of amides is 1. The summed E-state index contributed by atoms with van der Waals surface area (Å²) < 4.78 is 38.6. The highest BCUT2D eigenvalue weighted by atomic mass is 32.2. The third-order valence-electron chi connectivity index (χ3n) is 5.56. The Kier molecular flexibility index (Phi) is 7.30. The number of nitrogens with zero attached hydrogens (tertiary/aromatic N) is 1. The minimum atomic E-state index is -3.77. The number of sulfonamides is 1. The number of fused-ring (bicyclic) bond motifs is 1. The highest BCUT2D eigenvalue weighted by Crippen LogP contribution is 2.27. The van der Waals surface area contributed by atoms with Crippen molar-refractivity contribution in [3.05, 3.63) is 64.4 Å². The molecule has 0 saturated carbocycles. The molecule has 2 aromatic carbocycles. The van der Waals surface area contributed by atoms with Gasteiger partial charge in [0.1, 0.15) is 5.75 Å². The quantitative estimate of drug-likeness (QED) is 0.474. The highest BCUT2D eigenvalue weighted by Gasteiger charge is 2.27. The number of carbonyl (C=O) groups is 1. The van der Waals surface area contributed by atoms with Gasteiger partial charge in [-0.15, -0.1) is 0 Å². The van der Waals surface area contributed by atoms with Gasteiger partial charge in [-0.05, 0) is 36.8 Å². The lowest BCUT2D eigenvalue weighted by Gasteiger charge is -2.26. The van der Waals surface area contributed by atoms with Crippen LogP contribution in [-0.2, 0) is 14.8 Å². The molecule has 1 amide bonds. The number of H-pyrrole nitrogens is 1. The summed E-state index contributed by atoms with van der Waals surface area (Å²) in [5.41, 5.74) is 0.440. The van der Waals surface area contributed by atoms with E-state index in [2.05, 4.69) is 17.2 Å². The zero-order chi connectivity index (χ0) is 24.1. The molecule has 2 heterocycles. The van der Waals surface area contributed by atoms with E-state index in [1.807, 2.05) is 6.07 Å². The molecule has 1 aromatic heterocycles. The number of unbranched alkanes of at least 4 members (excludes halogenated alkanes) is 1. The maximum Gasteiger partial charge on any atom is 0.256 e. The first kappa shape index (κ1) is 23.9. The van der Waals surface area contributed by atoms with Crippen LogP contribution in [0.15, 0.2) is 58.2 Å². The molecule has 0 radical (unpaired) electrons. The molecule has 1 fully saturated rings. The van der Waals surface area contributed by atoms with Crippen molar-refractivity contribution in [3.8, 4) is 5.75 Å². The number of aromatic nitrogens is 1. The molecular weight excluding hydrogens is 458 g/mol. The fraction of sp³-hybridized carbons (Fsp3) is 0.333. The van der Waals surface area contributed by atoms with Crippen molar-refractivity contribution in [2.45, 2.75) is 24.7 Å². The fourth-order valence-corrected chi connectivity index (χ4v) is 5.16. The number of carbonyl (C=O) groups excluding carboxylic acids is 1. The van der Waals surface area contributed by atoms with Crippen LogP contribution in [0.25, 0.3) is 10.9 Å². The van der Waals surface area contributed by atoms with Crippen molar-refractivity contribution in [1.82, 2.24) is 9.29 Å². The molecule has 1 aliphatic heterocycles. The smallest absolute Gasteiger partial charge is 0.256 e. The number of rotatable bonds is 8. The van der Waals surface area contributed by atoms with Crippen molar-refractivity contribution in [1.29, 1.82) is 0 Å². The zero-order valence-electron chi connectivity index (χ0n) is 18.9. The molecule has 2 N–H and O–H groups in total. The summed E-state index contributed by atoms with van der Waals surface area (Å²) in [6, 6.07) is 12.6. The normalized spacial score (nSPS) is 14.7. The molecule has 34 heavy (non-hydrogen) atoms. The molecule has 4 rings (SSSR count). The van der Waals surface area contributed by atoms with E-state index in [9.17, 15) is 18.0 Å². The molecule has 10 heteroatoms. The maximum atomic E-state index is 13.2. The lowest BCUT2D eigenvalue weighted by Crippen LogP contribution is -2.40. The summed E-state index contributed by atoms with van der Waals surface area (Å²) in [7, 11) is -3.77. The van der Waals surface area contributed by atoms with Crippen LogP contribution in [0.2, 0.25) is 0 Å². The van der Waals surface area contributed by atoms with Gasteiger partial charge in [0.2, 0.25) is 15.6 Å². The van der Waals surface area contributed by atoms with Crippen LogP contribution in [0.4, 0.5) is 5.69 Å². The Morgan fingerprint density at radius 2 is 1.91 bits per heavy atom. The van der Waals surface area contributed by atoms with Crippen LogP contribution >= 0.6 is 0 Å². The van der Waals surface area contributed by atoms with Gasteiger partial charge in [-0.25, -0.2) is 8.42 Å². The summed E-state index contributed by atoms with van der Waals surface area (Å²) in [5, 5.41) is 3.13. The second-order valence-electron chi connectivity index (χ2n) is 7.92. The zero-order valence-corrected chi connectivity index (χ0v) is 19.7. The van der Waals surface area contributed by atoms with Crippen LogP contribution in [-0.4, -0.2) is 56.5 Å². The number of hydrogen-bond donors (Lipinski definition) is 2. The summed E-state index contributed by atoms with van der Waals surface area (Å²) in [6.07, 6.45) is 1.85. The van der Waals surface area contributed by atoms with Gasteiger partial charge in [0, 0.05) is 30.1 Å². The largest absolute Gasteiger partial charge is 0.491 e. The second-order valence-corrected chi connectivity index (χ2v) is 9.86. The molecule has 9 nitrogen and oxygen atoms in total. The van der Waals surface area contributed by atoms with Crippen molar-refractivity contribution in [2.24, 2.45) is 0 Å². The van der Waals surface area contributed by atoms with Gasteiger partial charge < -0.3 is 19.8 Å². The molecule has 0 bridgehead atoms. The predicted octanol–water partition coefficient (Wildman–Crippen LogP) is 2.98. The Morgan fingerprint density at radius 1 is 1.15 bits per heavy atom. The first-order valence-corrected chi connectivity index (χ1v) is 12.6. The topological polar surface area (TPSA) is 118 Å². The van der Waals surface area contributed by atoms with E-state index in [1.54, 1.807) is 18.2 Å². The van der Waals surface area contributed by atoms with Gasteiger partial charge in [-0.2, -0.15) is 4.31 Å². The minimum absolute atomic E-state index is 0.0475. The van der Waals surface area contributed by atoms with E-state index in [0.29, 0.717) is 42.2 Å². The first-order chi connectivity index (χ1) is 16.4. The van der Waals surface area contributed by atoms with E-state index >= 15 is 0 Å². The number of hydrogen-bond acceptors (Lipinski definition) is 6. The third-order valence-corrected chi connectivity index (χ3v) is 7.45. The molecule has 1 saturated heterocycles. The van der Waals surface area contributed by atoms with Gasteiger partial charge in [-0.1, -0.05) is 25.5 Å². The molecule has 0 unspecified atom stereocenters. The average Bonchev–Trinajstić information content (AvgIpc) is 2.85. The molecule has 3 aromatic rings. The van der Waals surface area contributed by atoms with Gasteiger partial charge in [0.05, 0.1) is 36.0 Å². The molecule has 1 aliphatic rings. The molecule has 0 aliphatic carbocycles. The van der Waals surface area contributed by atoms with E-state index in [4.69, 9.17) is 9.47 Å². The molecule has 0 spiro atoms. The van der Waals surface area contributed by atoms with E-state index in [0.717, 1.165) is 12.8 Å². The third kappa shape index (κ3) is 5.14. The lowest BCUT2D eigenvalue weighted by atomic mass is 10.1. The number of anilines is 1. The number of morpholine rings is 1. The van der Waals surface area contributed by atoms with Gasteiger partial charge in [-0.3, -0.25) is 9.59 Å². The number of nitrogens with one attached hydrogen (secondary N) is 2.